The zero-order chi connectivity index (χ0) is 29.2. The summed E-state index contributed by atoms with van der Waals surface area (Å²) in [6.07, 6.45) is 2.12. The summed E-state index contributed by atoms with van der Waals surface area (Å²) in [4.78, 5) is 54.4. The van der Waals surface area contributed by atoms with Gasteiger partial charge in [0, 0.05) is 13.1 Å². The third-order valence-corrected chi connectivity index (χ3v) is 7.23. The number of likely N-dealkylation sites (tertiary alicyclic amines) is 1. The molecule has 2 heterocycles. The van der Waals surface area contributed by atoms with Crippen molar-refractivity contribution in [3.05, 3.63) is 65.2 Å². The number of nitrogens with zero attached hydrogens (tertiary/aromatic N) is 1. The maximum atomic E-state index is 13.3. The molecule has 2 aromatic rings. The molecule has 4 rings (SSSR count). The number of para-hydroxylation sites is 1. The highest BCUT2D eigenvalue weighted by Crippen LogP contribution is 2.18. The van der Waals surface area contributed by atoms with Crippen LogP contribution in [0.1, 0.15) is 54.1 Å². The highest BCUT2D eigenvalue weighted by molar-refractivity contribution is 6.01. The SMILES string of the molecule is C[C@@H](O)[C@@H]1NC(=O)C[C@@H](C(=O)NCc2ccc(CN3CCCCC3)cc2)NC(=O)c2ccccc2OCCNC1=O. The van der Waals surface area contributed by atoms with E-state index < -0.39 is 48.2 Å². The fourth-order valence-corrected chi connectivity index (χ4v) is 4.94. The number of amides is 4. The Bertz CT molecular complexity index is 1210. The molecule has 11 heteroatoms. The Labute approximate surface area is 240 Å². The second-order valence-corrected chi connectivity index (χ2v) is 10.5. The van der Waals surface area contributed by atoms with Crippen molar-refractivity contribution in [2.45, 2.75) is 63.9 Å². The monoisotopic (exact) mass is 565 g/mol. The summed E-state index contributed by atoms with van der Waals surface area (Å²) in [7, 11) is 0. The van der Waals surface area contributed by atoms with Crippen molar-refractivity contribution >= 4 is 23.6 Å². The van der Waals surface area contributed by atoms with Gasteiger partial charge in [0.15, 0.2) is 0 Å². The van der Waals surface area contributed by atoms with Crippen LogP contribution in [0.25, 0.3) is 0 Å². The first-order valence-corrected chi connectivity index (χ1v) is 14.2. The molecule has 5 N–H and O–H groups in total. The van der Waals surface area contributed by atoms with Gasteiger partial charge in [0.2, 0.25) is 17.7 Å². The van der Waals surface area contributed by atoms with Crippen LogP contribution in [0.4, 0.5) is 0 Å². The van der Waals surface area contributed by atoms with Crippen molar-refractivity contribution in [3.8, 4) is 5.75 Å². The van der Waals surface area contributed by atoms with Crippen LogP contribution in [0, 0.1) is 0 Å². The minimum atomic E-state index is -1.24. The molecule has 41 heavy (non-hydrogen) atoms. The normalized spacial score (nSPS) is 21.7. The summed E-state index contributed by atoms with van der Waals surface area (Å²) in [5, 5.41) is 20.6. The Kier molecular flexibility index (Phi) is 10.7. The summed E-state index contributed by atoms with van der Waals surface area (Å²) >= 11 is 0. The number of hydrogen-bond acceptors (Lipinski definition) is 7. The fraction of sp³-hybridized carbons (Fsp3) is 0.467. The molecule has 220 valence electrons. The maximum absolute atomic E-state index is 13.3. The van der Waals surface area contributed by atoms with Crippen LogP contribution < -0.4 is 26.0 Å². The lowest BCUT2D eigenvalue weighted by Gasteiger charge is -2.26. The van der Waals surface area contributed by atoms with Crippen LogP contribution in [-0.2, 0) is 27.5 Å². The summed E-state index contributed by atoms with van der Waals surface area (Å²) in [6.45, 7) is 4.84. The van der Waals surface area contributed by atoms with Crippen LogP contribution in [-0.4, -0.2) is 78.1 Å². The number of rotatable bonds is 6. The summed E-state index contributed by atoms with van der Waals surface area (Å²) in [5.74, 6) is -2.12. The first kappa shape index (κ1) is 30.0. The van der Waals surface area contributed by atoms with Gasteiger partial charge >= 0.3 is 0 Å². The molecule has 1 saturated heterocycles. The van der Waals surface area contributed by atoms with E-state index >= 15 is 0 Å². The molecule has 2 aliphatic heterocycles. The lowest BCUT2D eigenvalue weighted by Crippen LogP contribution is -2.55. The predicted octanol–water partition coefficient (Wildman–Crippen LogP) is 0.852. The number of nitrogens with one attached hydrogen (secondary N) is 4. The number of carbonyl (C=O) groups excluding carboxylic acids is 4. The molecule has 0 bridgehead atoms. The fourth-order valence-electron chi connectivity index (χ4n) is 4.94. The molecule has 1 fully saturated rings. The van der Waals surface area contributed by atoms with E-state index in [1.54, 1.807) is 24.3 Å². The highest BCUT2D eigenvalue weighted by atomic mass is 16.5. The topological polar surface area (TPSA) is 149 Å². The van der Waals surface area contributed by atoms with Crippen molar-refractivity contribution in [3.63, 3.8) is 0 Å². The van der Waals surface area contributed by atoms with E-state index in [4.69, 9.17) is 4.74 Å². The third kappa shape index (κ3) is 8.76. The number of benzene rings is 2. The van der Waals surface area contributed by atoms with Crippen LogP contribution in [0.15, 0.2) is 48.5 Å². The Morgan fingerprint density at radius 3 is 2.46 bits per heavy atom. The van der Waals surface area contributed by atoms with Crippen LogP contribution >= 0.6 is 0 Å². The standard InChI is InChI=1S/C30H39N5O6/c1-20(36)27-30(40)31-13-16-41-25-8-4-3-7-23(25)28(38)33-24(17-26(37)34-27)29(39)32-18-21-9-11-22(12-10-21)19-35-14-5-2-6-15-35/h3-4,7-12,20,24,27,36H,2,5-6,13-19H2,1H3,(H,31,40)(H,32,39)(H,33,38)(H,34,37)/t20-,24+,27+/m1/s1. The van der Waals surface area contributed by atoms with Crippen molar-refractivity contribution in [1.82, 2.24) is 26.2 Å². The van der Waals surface area contributed by atoms with E-state index in [1.165, 1.54) is 31.7 Å². The minimum Gasteiger partial charge on any atom is -0.491 e. The van der Waals surface area contributed by atoms with Crippen molar-refractivity contribution < 1.29 is 29.0 Å². The highest BCUT2D eigenvalue weighted by Gasteiger charge is 2.30. The molecule has 4 amide bonds. The van der Waals surface area contributed by atoms with Gasteiger partial charge in [0.1, 0.15) is 24.4 Å². The first-order chi connectivity index (χ1) is 19.8. The number of ether oxygens (including phenoxy) is 1. The summed E-state index contributed by atoms with van der Waals surface area (Å²) < 4.78 is 5.70. The lowest BCUT2D eigenvalue weighted by atomic mass is 10.1. The van der Waals surface area contributed by atoms with Crippen LogP contribution in [0.5, 0.6) is 5.75 Å². The van der Waals surface area contributed by atoms with E-state index in [0.29, 0.717) is 0 Å². The average molecular weight is 566 g/mol. The minimum absolute atomic E-state index is 0.0528. The molecule has 0 radical (unpaired) electrons. The molecule has 0 unspecified atom stereocenters. The summed E-state index contributed by atoms with van der Waals surface area (Å²) in [6, 6.07) is 12.1. The molecule has 0 aliphatic carbocycles. The number of fused-ring (bicyclic) bond motifs is 1. The molecule has 2 aliphatic rings. The zero-order valence-electron chi connectivity index (χ0n) is 23.4. The molecular weight excluding hydrogens is 526 g/mol. The van der Waals surface area contributed by atoms with Gasteiger partial charge < -0.3 is 31.1 Å². The molecular formula is C30H39N5O6. The second-order valence-electron chi connectivity index (χ2n) is 10.5. The van der Waals surface area contributed by atoms with Crippen molar-refractivity contribution in [1.29, 1.82) is 0 Å². The molecule has 0 saturated carbocycles. The number of piperidine rings is 1. The van der Waals surface area contributed by atoms with Gasteiger partial charge in [-0.15, -0.1) is 0 Å². The number of hydrogen-bond donors (Lipinski definition) is 5. The largest absolute Gasteiger partial charge is 0.491 e. The van der Waals surface area contributed by atoms with Gasteiger partial charge in [-0.05, 0) is 56.1 Å². The third-order valence-electron chi connectivity index (χ3n) is 7.23. The summed E-state index contributed by atoms with van der Waals surface area (Å²) in [5.41, 5.74) is 2.27. The zero-order valence-corrected chi connectivity index (χ0v) is 23.4. The molecule has 3 atom stereocenters. The van der Waals surface area contributed by atoms with E-state index in [9.17, 15) is 24.3 Å². The Hall–Kier alpha value is -3.96. The van der Waals surface area contributed by atoms with E-state index in [-0.39, 0.29) is 31.0 Å². The molecule has 0 aromatic heterocycles. The smallest absolute Gasteiger partial charge is 0.255 e. The number of aliphatic hydroxyl groups excluding tert-OH is 1. The van der Waals surface area contributed by atoms with Gasteiger partial charge in [-0.1, -0.05) is 42.8 Å². The Balaban J connectivity index is 1.45. The predicted molar refractivity (Wildman–Crippen MR) is 152 cm³/mol. The van der Waals surface area contributed by atoms with E-state index in [1.807, 2.05) is 24.3 Å². The quantitative estimate of drug-likeness (QED) is 0.349. The van der Waals surface area contributed by atoms with Gasteiger partial charge in [-0.25, -0.2) is 0 Å². The molecule has 11 nitrogen and oxygen atoms in total. The van der Waals surface area contributed by atoms with Crippen LogP contribution in [0.3, 0.4) is 0 Å². The second kappa shape index (κ2) is 14.6. The van der Waals surface area contributed by atoms with Gasteiger partial charge in [0.25, 0.3) is 5.91 Å². The van der Waals surface area contributed by atoms with Crippen molar-refractivity contribution in [2.24, 2.45) is 0 Å². The van der Waals surface area contributed by atoms with E-state index in [2.05, 4.69) is 26.2 Å². The number of aliphatic hydroxyl groups is 1. The Morgan fingerprint density at radius 2 is 1.73 bits per heavy atom. The van der Waals surface area contributed by atoms with Crippen molar-refractivity contribution in [2.75, 3.05) is 26.2 Å². The Morgan fingerprint density at radius 1 is 1.02 bits per heavy atom. The average Bonchev–Trinajstić information content (AvgIpc) is 2.97. The first-order valence-electron chi connectivity index (χ1n) is 14.2. The van der Waals surface area contributed by atoms with Gasteiger partial charge in [0.05, 0.1) is 24.6 Å². The van der Waals surface area contributed by atoms with Gasteiger partial charge in [-0.3, -0.25) is 24.1 Å². The maximum Gasteiger partial charge on any atom is 0.255 e. The number of carbonyl (C=O) groups is 4. The van der Waals surface area contributed by atoms with Crippen LogP contribution in [0.2, 0.25) is 0 Å². The lowest BCUT2D eigenvalue weighted by molar-refractivity contribution is -0.133. The van der Waals surface area contributed by atoms with Gasteiger partial charge in [-0.2, -0.15) is 0 Å². The van der Waals surface area contributed by atoms with E-state index in [0.717, 1.165) is 25.2 Å². The molecule has 2 aromatic carbocycles. The molecule has 0 spiro atoms.